The fourth-order valence-electron chi connectivity index (χ4n) is 2.91. The van der Waals surface area contributed by atoms with Gasteiger partial charge in [0, 0.05) is 33.7 Å². The summed E-state index contributed by atoms with van der Waals surface area (Å²) in [5, 5.41) is 3.27. The maximum atomic E-state index is 11.6. The summed E-state index contributed by atoms with van der Waals surface area (Å²) in [7, 11) is 0.520. The van der Waals surface area contributed by atoms with Crippen molar-refractivity contribution in [3.63, 3.8) is 0 Å². The summed E-state index contributed by atoms with van der Waals surface area (Å²) in [5.41, 5.74) is 2.07. The third-order valence-electron chi connectivity index (χ3n) is 4.36. The predicted molar refractivity (Wildman–Crippen MR) is 129 cm³/mol. The lowest BCUT2D eigenvalue weighted by Gasteiger charge is -2.22. The molecule has 0 aliphatic carbocycles. The van der Waals surface area contributed by atoms with Gasteiger partial charge >= 0.3 is 0 Å². The number of hydrogen-bond acceptors (Lipinski definition) is 4. The normalized spacial score (nSPS) is 12.0. The zero-order valence-corrected chi connectivity index (χ0v) is 20.6. The van der Waals surface area contributed by atoms with E-state index in [0.717, 1.165) is 23.0 Å². The number of hydrogen-bond donors (Lipinski definition) is 2. The van der Waals surface area contributed by atoms with Gasteiger partial charge in [0.25, 0.3) is 0 Å². The Kier molecular flexibility index (Phi) is 10.6. The van der Waals surface area contributed by atoms with E-state index in [0.29, 0.717) is 32.6 Å². The first-order valence-electron chi connectivity index (χ1n) is 9.31. The predicted octanol–water partition coefficient (Wildman–Crippen LogP) is 2.37. The number of halogens is 1. The number of nitrogens with one attached hydrogen (secondary N) is 2. The Morgan fingerprint density at radius 1 is 1.28 bits per heavy atom. The van der Waals surface area contributed by atoms with Crippen LogP contribution in [0.1, 0.15) is 19.2 Å². The Morgan fingerprint density at radius 2 is 1.97 bits per heavy atom. The van der Waals surface area contributed by atoms with Crippen LogP contribution in [0.5, 0.6) is 0 Å². The molecule has 0 aliphatic rings. The van der Waals surface area contributed by atoms with Gasteiger partial charge in [-0.2, -0.15) is 0 Å². The largest absolute Gasteiger partial charge is 0.356 e. The minimum atomic E-state index is -3.15. The van der Waals surface area contributed by atoms with Crippen molar-refractivity contribution in [2.75, 3.05) is 40.0 Å². The molecule has 0 spiro atoms. The van der Waals surface area contributed by atoms with Crippen molar-refractivity contribution in [3.05, 3.63) is 42.4 Å². The Hall–Kier alpha value is -1.66. The Morgan fingerprint density at radius 3 is 2.55 bits per heavy atom. The highest BCUT2D eigenvalue weighted by molar-refractivity contribution is 14.0. The van der Waals surface area contributed by atoms with Crippen molar-refractivity contribution >= 4 is 40.0 Å². The molecule has 0 saturated carbocycles. The van der Waals surface area contributed by atoms with Crippen LogP contribution in [0.2, 0.25) is 0 Å². The molecule has 0 bridgehead atoms. The van der Waals surface area contributed by atoms with Gasteiger partial charge in [0.15, 0.2) is 5.96 Å². The fourth-order valence-corrected chi connectivity index (χ4v) is 3.84. The molecular weight excluding hydrogens is 503 g/mol. The molecule has 0 radical (unpaired) electrons. The Labute approximate surface area is 190 Å². The molecule has 162 valence electrons. The monoisotopic (exact) mass is 534 g/mol. The summed E-state index contributed by atoms with van der Waals surface area (Å²) in [5.74, 6) is 1.58. The highest BCUT2D eigenvalue weighted by Gasteiger charge is 2.14. The van der Waals surface area contributed by atoms with E-state index in [1.807, 2.05) is 55.4 Å². The van der Waals surface area contributed by atoms with Crippen LogP contribution in [0, 0.1) is 0 Å². The molecule has 2 aromatic rings. The van der Waals surface area contributed by atoms with Crippen LogP contribution in [0.15, 0.2) is 41.5 Å². The number of imidazole rings is 1. The lowest BCUT2D eigenvalue weighted by Crippen LogP contribution is -2.40. The molecule has 29 heavy (non-hydrogen) atoms. The van der Waals surface area contributed by atoms with Crippen molar-refractivity contribution in [2.45, 2.75) is 19.9 Å². The van der Waals surface area contributed by atoms with Crippen molar-refractivity contribution in [3.8, 4) is 11.3 Å². The summed E-state index contributed by atoms with van der Waals surface area (Å²) in [6.45, 7) is 4.03. The molecule has 1 heterocycles. The molecule has 2 N–H and O–H groups in total. The lowest BCUT2D eigenvalue weighted by molar-refractivity contribution is 0.418. The number of guanidine groups is 1. The molecule has 0 amide bonds. The molecule has 2 rings (SSSR count). The summed E-state index contributed by atoms with van der Waals surface area (Å²) < 4.78 is 24.7. The Bertz CT molecular complexity index is 870. The molecule has 10 heteroatoms. The summed E-state index contributed by atoms with van der Waals surface area (Å²) in [6.07, 6.45) is 3.77. The van der Waals surface area contributed by atoms with Crippen LogP contribution >= 0.6 is 24.0 Å². The van der Waals surface area contributed by atoms with Crippen LogP contribution in [-0.2, 0) is 16.6 Å². The number of benzene rings is 1. The van der Waals surface area contributed by atoms with Crippen LogP contribution in [0.25, 0.3) is 11.3 Å². The highest BCUT2D eigenvalue weighted by atomic mass is 127. The van der Waals surface area contributed by atoms with Gasteiger partial charge in [0.05, 0.1) is 24.7 Å². The molecule has 0 saturated heterocycles. The number of nitrogens with zero attached hydrogens (tertiary/aromatic N) is 4. The molecule has 0 aliphatic heterocycles. The van der Waals surface area contributed by atoms with E-state index < -0.39 is 10.0 Å². The number of aliphatic imine (C=N–C) groups is 1. The van der Waals surface area contributed by atoms with Crippen molar-refractivity contribution in [2.24, 2.45) is 4.99 Å². The second-order valence-corrected chi connectivity index (χ2v) is 8.53. The first kappa shape index (κ1) is 25.4. The van der Waals surface area contributed by atoms with Gasteiger partial charge in [0.1, 0.15) is 5.82 Å². The maximum absolute atomic E-state index is 11.6. The third-order valence-corrected chi connectivity index (χ3v) is 5.74. The number of aromatic nitrogens is 2. The van der Waals surface area contributed by atoms with E-state index in [9.17, 15) is 8.42 Å². The maximum Gasteiger partial charge on any atom is 0.211 e. The second kappa shape index (κ2) is 12.1. The van der Waals surface area contributed by atoms with E-state index in [4.69, 9.17) is 0 Å². The standard InChI is InChI=1S/C19H30N6O2S.HI/c1-5-25(28(4,26)27)13-9-12-21-19(20-2)24(3)15-18-22-14-17(23-18)16-10-7-6-8-11-16;/h6-8,10-11,14H,5,9,12-13,15H2,1-4H3,(H,20,21)(H,22,23);1H. The van der Waals surface area contributed by atoms with Gasteiger partial charge in [-0.1, -0.05) is 37.3 Å². The van der Waals surface area contributed by atoms with Gasteiger partial charge in [-0.3, -0.25) is 4.99 Å². The summed E-state index contributed by atoms with van der Waals surface area (Å²) >= 11 is 0. The third kappa shape index (κ3) is 7.94. The minimum absolute atomic E-state index is 0. The first-order chi connectivity index (χ1) is 13.3. The van der Waals surface area contributed by atoms with Crippen molar-refractivity contribution in [1.82, 2.24) is 24.5 Å². The number of H-pyrrole nitrogens is 1. The molecule has 0 fully saturated rings. The summed E-state index contributed by atoms with van der Waals surface area (Å²) in [4.78, 5) is 14.1. The molecule has 1 aromatic heterocycles. The van der Waals surface area contributed by atoms with Gasteiger partial charge in [0.2, 0.25) is 10.0 Å². The summed E-state index contributed by atoms with van der Waals surface area (Å²) in [6, 6.07) is 10.1. The fraction of sp³-hybridized carbons (Fsp3) is 0.474. The number of rotatable bonds is 9. The molecule has 0 atom stereocenters. The van der Waals surface area contributed by atoms with Crippen molar-refractivity contribution in [1.29, 1.82) is 0 Å². The quantitative estimate of drug-likeness (QED) is 0.223. The smallest absolute Gasteiger partial charge is 0.211 e. The Balaban J connectivity index is 0.00000420. The van der Waals surface area contributed by atoms with Crippen LogP contribution in [0.4, 0.5) is 0 Å². The van der Waals surface area contributed by atoms with E-state index in [1.54, 1.807) is 7.05 Å². The van der Waals surface area contributed by atoms with E-state index in [2.05, 4.69) is 20.3 Å². The zero-order valence-electron chi connectivity index (χ0n) is 17.4. The van der Waals surface area contributed by atoms with Crippen LogP contribution in [-0.4, -0.2) is 73.5 Å². The molecule has 0 unspecified atom stereocenters. The number of sulfonamides is 1. The van der Waals surface area contributed by atoms with Gasteiger partial charge in [-0.05, 0) is 12.0 Å². The molecule has 1 aromatic carbocycles. The second-order valence-electron chi connectivity index (χ2n) is 6.55. The average Bonchev–Trinajstić information content (AvgIpc) is 3.12. The van der Waals surface area contributed by atoms with Crippen LogP contribution < -0.4 is 5.32 Å². The van der Waals surface area contributed by atoms with Crippen LogP contribution in [0.3, 0.4) is 0 Å². The average molecular weight is 534 g/mol. The van der Waals surface area contributed by atoms with E-state index >= 15 is 0 Å². The topological polar surface area (TPSA) is 93.7 Å². The minimum Gasteiger partial charge on any atom is -0.356 e. The van der Waals surface area contributed by atoms with Gasteiger partial charge in [-0.25, -0.2) is 17.7 Å². The van der Waals surface area contributed by atoms with E-state index in [1.165, 1.54) is 10.6 Å². The SMILES string of the molecule is CCN(CCCNC(=NC)N(C)Cc1ncc(-c2ccccc2)[nH]1)S(C)(=O)=O.I. The van der Waals surface area contributed by atoms with E-state index in [-0.39, 0.29) is 24.0 Å². The molecular formula is C19H31IN6O2S. The molecule has 8 nitrogen and oxygen atoms in total. The lowest BCUT2D eigenvalue weighted by atomic mass is 10.2. The number of aromatic amines is 1. The zero-order chi connectivity index (χ0) is 20.6. The van der Waals surface area contributed by atoms with Gasteiger partial charge < -0.3 is 15.2 Å². The van der Waals surface area contributed by atoms with Crippen molar-refractivity contribution < 1.29 is 8.42 Å². The highest BCUT2D eigenvalue weighted by Crippen LogP contribution is 2.16. The first-order valence-corrected chi connectivity index (χ1v) is 11.2. The van der Waals surface area contributed by atoms with Gasteiger partial charge in [-0.15, -0.1) is 24.0 Å².